The molecule has 0 radical (unpaired) electrons. The molecule has 0 atom stereocenters. The molecule has 1 aromatic carbocycles. The monoisotopic (exact) mass is 344 g/mol. The number of aromatic nitrogens is 1. The lowest BCUT2D eigenvalue weighted by Crippen LogP contribution is -2.21. The summed E-state index contributed by atoms with van der Waals surface area (Å²) >= 11 is 0. The second-order valence-electron chi connectivity index (χ2n) is 5.68. The number of pyridine rings is 1. The minimum absolute atomic E-state index is 0.235. The summed E-state index contributed by atoms with van der Waals surface area (Å²) in [6.45, 7) is 1.62. The molecule has 2 N–H and O–H groups in total. The number of carbonyl (C=O) groups excluding carboxylic acids is 1. The van der Waals surface area contributed by atoms with Gasteiger partial charge in [-0.2, -0.15) is 0 Å². The van der Waals surface area contributed by atoms with Crippen molar-refractivity contribution in [2.45, 2.75) is 0 Å². The molecule has 2 rings (SSSR count). The maximum atomic E-state index is 12.5. The molecule has 0 spiro atoms. The Balaban J connectivity index is 2.08. The summed E-state index contributed by atoms with van der Waals surface area (Å²) in [4.78, 5) is 18.8. The van der Waals surface area contributed by atoms with Crippen molar-refractivity contribution in [1.82, 2.24) is 9.88 Å². The first-order valence-electron chi connectivity index (χ1n) is 7.91. The Hall–Kier alpha value is -2.80. The average Bonchev–Trinajstić information content (AvgIpc) is 2.62. The molecule has 0 unspecified atom stereocenters. The normalized spacial score (nSPS) is 10.4. The van der Waals surface area contributed by atoms with Crippen molar-refractivity contribution in [3.63, 3.8) is 0 Å². The van der Waals surface area contributed by atoms with E-state index in [9.17, 15) is 4.79 Å². The predicted octanol–water partition coefficient (Wildman–Crippen LogP) is 2.32. The number of hydrogen-bond acceptors (Lipinski definition) is 6. The van der Waals surface area contributed by atoms with Crippen LogP contribution in [0.5, 0.6) is 11.5 Å². The molecule has 0 fully saturated rings. The van der Waals surface area contributed by atoms with Gasteiger partial charge in [-0.1, -0.05) is 0 Å². The molecule has 7 heteroatoms. The Kier molecular flexibility index (Phi) is 6.59. The number of rotatable bonds is 8. The highest BCUT2D eigenvalue weighted by Crippen LogP contribution is 2.29. The van der Waals surface area contributed by atoms with Crippen molar-refractivity contribution >= 4 is 17.4 Å². The number of nitrogens with one attached hydrogen (secondary N) is 2. The van der Waals surface area contributed by atoms with E-state index in [0.717, 1.165) is 13.1 Å². The molecule has 0 saturated carbocycles. The zero-order chi connectivity index (χ0) is 18.2. The Labute approximate surface area is 148 Å². The summed E-state index contributed by atoms with van der Waals surface area (Å²) in [5, 5.41) is 6.05. The molecule has 1 amide bonds. The van der Waals surface area contributed by atoms with Crippen LogP contribution in [0, 0.1) is 0 Å². The van der Waals surface area contributed by atoms with Crippen LogP contribution in [0.1, 0.15) is 10.4 Å². The molecule has 25 heavy (non-hydrogen) atoms. The van der Waals surface area contributed by atoms with Crippen molar-refractivity contribution in [2.75, 3.05) is 52.0 Å². The quantitative estimate of drug-likeness (QED) is 0.765. The van der Waals surface area contributed by atoms with Crippen LogP contribution in [0.4, 0.5) is 11.5 Å². The lowest BCUT2D eigenvalue weighted by Gasteiger charge is -2.13. The molecule has 1 aromatic heterocycles. The highest BCUT2D eigenvalue weighted by Gasteiger charge is 2.11. The summed E-state index contributed by atoms with van der Waals surface area (Å²) in [6, 6.07) is 8.62. The first-order chi connectivity index (χ1) is 12.0. The molecule has 1 heterocycles. The van der Waals surface area contributed by atoms with Crippen LogP contribution >= 0.6 is 0 Å². The summed E-state index contributed by atoms with van der Waals surface area (Å²) in [6.07, 6.45) is 1.61. The SMILES string of the molecule is COc1ccc(NC(=O)c2ccnc(NCCN(C)C)c2)c(OC)c1. The number of amides is 1. The third-order valence-electron chi connectivity index (χ3n) is 3.54. The Morgan fingerprint density at radius 2 is 1.96 bits per heavy atom. The van der Waals surface area contributed by atoms with Gasteiger partial charge in [-0.15, -0.1) is 0 Å². The topological polar surface area (TPSA) is 75.7 Å². The van der Waals surface area contributed by atoms with Gasteiger partial charge in [0.1, 0.15) is 17.3 Å². The average molecular weight is 344 g/mol. The number of ether oxygens (including phenoxy) is 2. The van der Waals surface area contributed by atoms with Crippen molar-refractivity contribution in [3.8, 4) is 11.5 Å². The molecule has 0 aliphatic rings. The highest BCUT2D eigenvalue weighted by molar-refractivity contribution is 6.05. The van der Waals surface area contributed by atoms with E-state index >= 15 is 0 Å². The fourth-order valence-corrected chi connectivity index (χ4v) is 2.17. The van der Waals surface area contributed by atoms with Crippen molar-refractivity contribution in [1.29, 1.82) is 0 Å². The largest absolute Gasteiger partial charge is 0.497 e. The lowest BCUT2D eigenvalue weighted by molar-refractivity contribution is 0.102. The van der Waals surface area contributed by atoms with Crippen LogP contribution in [-0.4, -0.2) is 57.2 Å². The predicted molar refractivity (Wildman–Crippen MR) is 98.8 cm³/mol. The molecule has 0 aliphatic carbocycles. The fraction of sp³-hybridized carbons (Fsp3) is 0.333. The number of benzene rings is 1. The smallest absolute Gasteiger partial charge is 0.255 e. The number of nitrogens with zero attached hydrogens (tertiary/aromatic N) is 2. The Morgan fingerprint density at radius 3 is 2.64 bits per heavy atom. The molecule has 134 valence electrons. The molecular formula is C18H24N4O3. The number of methoxy groups -OCH3 is 2. The van der Waals surface area contributed by atoms with E-state index in [2.05, 4.69) is 20.5 Å². The minimum Gasteiger partial charge on any atom is -0.497 e. The first-order valence-corrected chi connectivity index (χ1v) is 7.91. The van der Waals surface area contributed by atoms with Gasteiger partial charge in [-0.25, -0.2) is 4.98 Å². The molecular weight excluding hydrogens is 320 g/mol. The van der Waals surface area contributed by atoms with Crippen LogP contribution in [0.15, 0.2) is 36.5 Å². The number of carbonyl (C=O) groups is 1. The molecule has 7 nitrogen and oxygen atoms in total. The van der Waals surface area contributed by atoms with Crippen molar-refractivity contribution < 1.29 is 14.3 Å². The van der Waals surface area contributed by atoms with E-state index in [0.29, 0.717) is 28.6 Å². The van der Waals surface area contributed by atoms with E-state index in [1.807, 2.05) is 14.1 Å². The van der Waals surface area contributed by atoms with E-state index in [1.54, 1.807) is 50.7 Å². The van der Waals surface area contributed by atoms with Crippen LogP contribution in [-0.2, 0) is 0 Å². The van der Waals surface area contributed by atoms with Crippen LogP contribution in [0.3, 0.4) is 0 Å². The second-order valence-corrected chi connectivity index (χ2v) is 5.68. The zero-order valence-corrected chi connectivity index (χ0v) is 15.0. The van der Waals surface area contributed by atoms with E-state index in [1.165, 1.54) is 0 Å². The van der Waals surface area contributed by atoms with Crippen LogP contribution < -0.4 is 20.1 Å². The van der Waals surface area contributed by atoms with Crippen LogP contribution in [0.2, 0.25) is 0 Å². The standard InChI is InChI=1S/C18H24N4O3/c1-22(2)10-9-20-17-11-13(7-8-19-17)18(23)21-15-6-5-14(24-3)12-16(15)25-4/h5-8,11-12H,9-10H2,1-4H3,(H,19,20)(H,21,23). The third-order valence-corrected chi connectivity index (χ3v) is 3.54. The number of likely N-dealkylation sites (N-methyl/N-ethyl adjacent to an activating group) is 1. The van der Waals surface area contributed by atoms with Crippen molar-refractivity contribution in [3.05, 3.63) is 42.1 Å². The maximum Gasteiger partial charge on any atom is 0.255 e. The van der Waals surface area contributed by atoms with E-state index in [-0.39, 0.29) is 5.91 Å². The lowest BCUT2D eigenvalue weighted by atomic mass is 10.2. The molecule has 0 saturated heterocycles. The molecule has 2 aromatic rings. The van der Waals surface area contributed by atoms with Gasteiger partial charge in [0.15, 0.2) is 0 Å². The van der Waals surface area contributed by atoms with Gasteiger partial charge >= 0.3 is 0 Å². The van der Waals surface area contributed by atoms with E-state index < -0.39 is 0 Å². The Bertz CT molecular complexity index is 719. The number of hydrogen-bond donors (Lipinski definition) is 2. The van der Waals surface area contributed by atoms with Gasteiger partial charge in [-0.3, -0.25) is 4.79 Å². The minimum atomic E-state index is -0.235. The third kappa shape index (κ3) is 5.36. The van der Waals surface area contributed by atoms with Gasteiger partial charge in [0.2, 0.25) is 0 Å². The van der Waals surface area contributed by atoms with Crippen LogP contribution in [0.25, 0.3) is 0 Å². The molecule has 0 bridgehead atoms. The maximum absolute atomic E-state index is 12.5. The van der Waals surface area contributed by atoms with Gasteiger partial charge in [0.25, 0.3) is 5.91 Å². The van der Waals surface area contributed by atoms with Crippen molar-refractivity contribution in [2.24, 2.45) is 0 Å². The van der Waals surface area contributed by atoms with Gasteiger partial charge in [-0.05, 0) is 38.4 Å². The van der Waals surface area contributed by atoms with E-state index in [4.69, 9.17) is 9.47 Å². The summed E-state index contributed by atoms with van der Waals surface area (Å²) in [5.74, 6) is 1.62. The van der Waals surface area contributed by atoms with Gasteiger partial charge < -0.3 is 25.0 Å². The molecule has 0 aliphatic heterocycles. The summed E-state index contributed by atoms with van der Waals surface area (Å²) < 4.78 is 10.5. The summed E-state index contributed by atoms with van der Waals surface area (Å²) in [7, 11) is 7.13. The first kappa shape index (κ1) is 18.5. The zero-order valence-electron chi connectivity index (χ0n) is 15.0. The summed E-state index contributed by atoms with van der Waals surface area (Å²) in [5.41, 5.74) is 1.09. The fourth-order valence-electron chi connectivity index (χ4n) is 2.17. The second kappa shape index (κ2) is 8.89. The Morgan fingerprint density at radius 1 is 1.16 bits per heavy atom. The highest BCUT2D eigenvalue weighted by atomic mass is 16.5. The van der Waals surface area contributed by atoms with Gasteiger partial charge in [0, 0.05) is 30.9 Å². The van der Waals surface area contributed by atoms with Gasteiger partial charge in [0.05, 0.1) is 19.9 Å². The number of anilines is 2.